The average Bonchev–Trinajstić information content (AvgIpc) is 3.30. The first-order valence-corrected chi connectivity index (χ1v) is 9.71. The lowest BCUT2D eigenvalue weighted by atomic mass is 9.87. The van der Waals surface area contributed by atoms with Crippen LogP contribution in [0.15, 0.2) is 55.0 Å². The summed E-state index contributed by atoms with van der Waals surface area (Å²) in [7, 11) is 0. The van der Waals surface area contributed by atoms with Crippen LogP contribution in [-0.4, -0.2) is 42.1 Å². The van der Waals surface area contributed by atoms with Gasteiger partial charge in [-0.15, -0.1) is 0 Å². The largest absolute Gasteiger partial charge is 0.343 e. The van der Waals surface area contributed by atoms with Gasteiger partial charge in [-0.05, 0) is 36.1 Å². The molecule has 146 valence electrons. The summed E-state index contributed by atoms with van der Waals surface area (Å²) in [4.78, 5) is 26.8. The molecule has 4 aromatic rings. The van der Waals surface area contributed by atoms with E-state index in [1.54, 1.807) is 12.4 Å². The van der Waals surface area contributed by atoms with Crippen LogP contribution in [0.4, 0.5) is 0 Å². The van der Waals surface area contributed by atoms with Crippen molar-refractivity contribution in [3.8, 4) is 5.69 Å². The van der Waals surface area contributed by atoms with Gasteiger partial charge in [0.1, 0.15) is 5.69 Å². The van der Waals surface area contributed by atoms with Crippen molar-refractivity contribution in [2.45, 2.75) is 26.8 Å². The van der Waals surface area contributed by atoms with Gasteiger partial charge in [0.25, 0.3) is 5.91 Å². The Balaban J connectivity index is 1.51. The second-order valence-electron chi connectivity index (χ2n) is 8.34. The number of fused-ring (bicyclic) bond motifs is 2. The van der Waals surface area contributed by atoms with E-state index >= 15 is 0 Å². The summed E-state index contributed by atoms with van der Waals surface area (Å²) >= 11 is 0. The minimum Gasteiger partial charge on any atom is -0.343 e. The van der Waals surface area contributed by atoms with Crippen molar-refractivity contribution in [1.82, 2.24) is 29.6 Å². The molecule has 0 aliphatic carbocycles. The van der Waals surface area contributed by atoms with Crippen LogP contribution in [0.3, 0.4) is 0 Å². The quantitative estimate of drug-likeness (QED) is 0.573. The van der Waals surface area contributed by atoms with Crippen molar-refractivity contribution < 1.29 is 4.79 Å². The highest BCUT2D eigenvalue weighted by Gasteiger charge is 2.33. The number of carbonyl (C=O) groups is 1. The van der Waals surface area contributed by atoms with E-state index in [2.05, 4.69) is 46.0 Å². The van der Waals surface area contributed by atoms with Gasteiger partial charge < -0.3 is 9.88 Å². The average molecular weight is 386 g/mol. The molecular formula is C22H22N6O. The molecule has 1 aliphatic heterocycles. The van der Waals surface area contributed by atoms with E-state index in [0.717, 1.165) is 28.9 Å². The number of H-pyrrole nitrogens is 1. The molecular weight excluding hydrogens is 364 g/mol. The van der Waals surface area contributed by atoms with Gasteiger partial charge in [0, 0.05) is 24.3 Å². The summed E-state index contributed by atoms with van der Waals surface area (Å²) in [5.74, 6) is -0.0803. The Hall–Kier alpha value is -3.48. The van der Waals surface area contributed by atoms with Crippen LogP contribution in [0, 0.1) is 5.41 Å². The third-order valence-electron chi connectivity index (χ3n) is 5.37. The summed E-state index contributed by atoms with van der Waals surface area (Å²) in [5, 5.41) is 4.62. The Morgan fingerprint density at radius 2 is 1.97 bits per heavy atom. The molecule has 29 heavy (non-hydrogen) atoms. The lowest BCUT2D eigenvalue weighted by Crippen LogP contribution is -2.37. The first-order chi connectivity index (χ1) is 14.0. The highest BCUT2D eigenvalue weighted by Crippen LogP contribution is 2.32. The van der Waals surface area contributed by atoms with Crippen LogP contribution >= 0.6 is 0 Å². The number of carbonyl (C=O) groups excluding carboxylic acids is 1. The molecule has 0 bridgehead atoms. The monoisotopic (exact) mass is 386 g/mol. The number of amides is 1. The number of para-hydroxylation sites is 1. The molecule has 0 radical (unpaired) electrons. The number of hydrogen-bond acceptors (Lipinski definition) is 4. The number of hydrogen-bond donors (Lipinski definition) is 1. The fraction of sp³-hybridized carbons (Fsp3) is 0.273. The fourth-order valence-corrected chi connectivity index (χ4v) is 4.05. The number of aromatic nitrogens is 5. The molecule has 1 N–H and O–H groups in total. The zero-order valence-electron chi connectivity index (χ0n) is 16.5. The highest BCUT2D eigenvalue weighted by molar-refractivity contribution is 5.94. The van der Waals surface area contributed by atoms with Crippen molar-refractivity contribution >= 4 is 17.1 Å². The van der Waals surface area contributed by atoms with Gasteiger partial charge in [0.05, 0.1) is 23.7 Å². The van der Waals surface area contributed by atoms with Gasteiger partial charge in [-0.2, -0.15) is 5.10 Å². The van der Waals surface area contributed by atoms with E-state index in [-0.39, 0.29) is 11.3 Å². The fourth-order valence-electron chi connectivity index (χ4n) is 4.05. The number of pyridine rings is 1. The van der Waals surface area contributed by atoms with Crippen molar-refractivity contribution in [2.75, 3.05) is 6.54 Å². The van der Waals surface area contributed by atoms with Gasteiger partial charge in [0.15, 0.2) is 5.65 Å². The van der Waals surface area contributed by atoms with E-state index in [9.17, 15) is 4.79 Å². The molecule has 0 unspecified atom stereocenters. The molecule has 3 aromatic heterocycles. The van der Waals surface area contributed by atoms with Crippen LogP contribution in [0.1, 0.15) is 35.6 Å². The number of imidazole rings is 1. The second-order valence-corrected chi connectivity index (χ2v) is 8.34. The summed E-state index contributed by atoms with van der Waals surface area (Å²) < 4.78 is 2.00. The van der Waals surface area contributed by atoms with Crippen molar-refractivity contribution in [1.29, 1.82) is 0 Å². The van der Waals surface area contributed by atoms with Crippen LogP contribution in [0.2, 0.25) is 0 Å². The molecule has 0 atom stereocenters. The van der Waals surface area contributed by atoms with Gasteiger partial charge in [-0.25, -0.2) is 14.6 Å². The molecule has 4 heterocycles. The van der Waals surface area contributed by atoms with E-state index in [1.165, 1.54) is 0 Å². The van der Waals surface area contributed by atoms with Crippen LogP contribution in [-0.2, 0) is 13.0 Å². The SMILES string of the molecule is CC1(C)Cc2c(cnn2-c2ccccc2)CN(C(=O)c2ccc3[nH]cnc3n2)C1. The molecule has 7 heteroatoms. The summed E-state index contributed by atoms with van der Waals surface area (Å²) in [5.41, 5.74) is 4.98. The molecule has 7 nitrogen and oxygen atoms in total. The van der Waals surface area contributed by atoms with Gasteiger partial charge in [-0.3, -0.25) is 4.79 Å². The van der Waals surface area contributed by atoms with Crippen LogP contribution in [0.5, 0.6) is 0 Å². The number of nitrogens with one attached hydrogen (secondary N) is 1. The zero-order chi connectivity index (χ0) is 20.0. The minimum absolute atomic E-state index is 0.0803. The molecule has 1 aromatic carbocycles. The topological polar surface area (TPSA) is 79.7 Å². The molecule has 0 fully saturated rings. The van der Waals surface area contributed by atoms with Crippen LogP contribution in [0.25, 0.3) is 16.9 Å². The van der Waals surface area contributed by atoms with Crippen molar-refractivity contribution in [3.05, 3.63) is 71.9 Å². The molecule has 0 saturated carbocycles. The summed E-state index contributed by atoms with van der Waals surface area (Å²) in [6, 6.07) is 13.7. The predicted octanol–water partition coefficient (Wildman–Crippen LogP) is 3.37. The van der Waals surface area contributed by atoms with Gasteiger partial charge in [0.2, 0.25) is 0 Å². The summed E-state index contributed by atoms with van der Waals surface area (Å²) in [6.45, 7) is 5.55. The summed E-state index contributed by atoms with van der Waals surface area (Å²) in [6.07, 6.45) is 4.31. The smallest absolute Gasteiger partial charge is 0.272 e. The Morgan fingerprint density at radius 1 is 1.14 bits per heavy atom. The number of aromatic amines is 1. The first kappa shape index (κ1) is 17.6. The Bertz CT molecular complexity index is 1190. The maximum atomic E-state index is 13.3. The van der Waals surface area contributed by atoms with Crippen molar-refractivity contribution in [3.63, 3.8) is 0 Å². The van der Waals surface area contributed by atoms with Crippen molar-refractivity contribution in [2.24, 2.45) is 5.41 Å². The molecule has 0 saturated heterocycles. The maximum absolute atomic E-state index is 13.3. The molecule has 1 aliphatic rings. The highest BCUT2D eigenvalue weighted by atomic mass is 16.2. The molecule has 1 amide bonds. The number of benzene rings is 1. The van der Waals surface area contributed by atoms with Crippen LogP contribution < -0.4 is 0 Å². The Morgan fingerprint density at radius 3 is 2.79 bits per heavy atom. The third kappa shape index (κ3) is 3.18. The lowest BCUT2D eigenvalue weighted by Gasteiger charge is -2.29. The van der Waals surface area contributed by atoms with E-state index in [1.807, 2.05) is 40.0 Å². The van der Waals surface area contributed by atoms with E-state index < -0.39 is 0 Å². The zero-order valence-corrected chi connectivity index (χ0v) is 16.5. The standard InChI is InChI=1S/C22H22N6O/c1-22(2)10-19-15(11-25-28(19)16-6-4-3-5-7-16)12-27(13-22)21(29)18-9-8-17-20(26-18)24-14-23-17/h3-9,11,14H,10,12-13H2,1-2H3,(H,23,24,26). The lowest BCUT2D eigenvalue weighted by molar-refractivity contribution is 0.0674. The van der Waals surface area contributed by atoms with Gasteiger partial charge in [-0.1, -0.05) is 32.0 Å². The van der Waals surface area contributed by atoms with Gasteiger partial charge >= 0.3 is 0 Å². The predicted molar refractivity (Wildman–Crippen MR) is 110 cm³/mol. The number of rotatable bonds is 2. The first-order valence-electron chi connectivity index (χ1n) is 9.71. The molecule has 5 rings (SSSR count). The second kappa shape index (κ2) is 6.55. The Labute approximate surface area is 168 Å². The third-order valence-corrected chi connectivity index (χ3v) is 5.37. The normalized spacial score (nSPS) is 15.9. The molecule has 0 spiro atoms. The number of nitrogens with zero attached hydrogens (tertiary/aromatic N) is 5. The maximum Gasteiger partial charge on any atom is 0.272 e. The Kier molecular flexibility index (Phi) is 3.97. The minimum atomic E-state index is -0.0933. The van der Waals surface area contributed by atoms with E-state index in [4.69, 9.17) is 0 Å². The van der Waals surface area contributed by atoms with E-state index in [0.29, 0.717) is 24.4 Å².